The van der Waals surface area contributed by atoms with Crippen molar-refractivity contribution in [1.29, 1.82) is 0 Å². The van der Waals surface area contributed by atoms with E-state index in [9.17, 15) is 22.8 Å². The lowest BCUT2D eigenvalue weighted by Crippen LogP contribution is -2.20. The van der Waals surface area contributed by atoms with E-state index in [1.54, 1.807) is 31.2 Å². The second-order valence-corrected chi connectivity index (χ2v) is 5.21. The van der Waals surface area contributed by atoms with Crippen molar-refractivity contribution in [2.24, 2.45) is 0 Å². The smallest absolute Gasteiger partial charge is 0.484 e. The van der Waals surface area contributed by atoms with Gasteiger partial charge in [0.05, 0.1) is 0 Å². The minimum Gasteiger partial charge on any atom is -0.484 e. The van der Waals surface area contributed by atoms with E-state index in [-0.39, 0.29) is 18.1 Å². The summed E-state index contributed by atoms with van der Waals surface area (Å²) in [6.07, 6.45) is -4.37. The molecule has 0 atom stereocenters. The van der Waals surface area contributed by atoms with E-state index in [1.807, 2.05) is 0 Å². The number of carbonyl (C=O) groups is 2. The van der Waals surface area contributed by atoms with Crippen LogP contribution in [0.25, 0.3) is 0 Å². The second kappa shape index (κ2) is 8.37. The van der Waals surface area contributed by atoms with E-state index in [4.69, 9.17) is 4.74 Å². The summed E-state index contributed by atoms with van der Waals surface area (Å²) in [5.74, 6) is -0.439. The molecule has 8 heteroatoms. The molecule has 0 fully saturated rings. The first-order valence-corrected chi connectivity index (χ1v) is 7.68. The van der Waals surface area contributed by atoms with E-state index < -0.39 is 12.3 Å². The molecule has 2 aromatic rings. The Morgan fingerprint density at radius 2 is 1.54 bits per heavy atom. The van der Waals surface area contributed by atoms with Gasteiger partial charge in [-0.2, -0.15) is 0 Å². The number of amides is 1. The molecule has 0 aliphatic carbocycles. The molecule has 0 saturated carbocycles. The zero-order chi connectivity index (χ0) is 19.2. The first kappa shape index (κ1) is 19.3. The minimum atomic E-state index is -4.77. The van der Waals surface area contributed by atoms with E-state index in [0.29, 0.717) is 23.4 Å². The third kappa shape index (κ3) is 6.12. The summed E-state index contributed by atoms with van der Waals surface area (Å²) < 4.78 is 45.3. The fraction of sp³-hybridized carbons (Fsp3) is 0.222. The van der Waals surface area contributed by atoms with Crippen molar-refractivity contribution >= 4 is 17.4 Å². The number of anilines is 1. The highest BCUT2D eigenvalue weighted by atomic mass is 19.4. The number of carbonyl (C=O) groups excluding carboxylic acids is 2. The van der Waals surface area contributed by atoms with Crippen molar-refractivity contribution < 1.29 is 32.2 Å². The number of nitrogens with one attached hydrogen (secondary N) is 1. The number of Topliss-reactive ketones (excluding diaryl/α,β-unsaturated/α-hetero) is 1. The van der Waals surface area contributed by atoms with Gasteiger partial charge in [0.1, 0.15) is 11.5 Å². The number of ether oxygens (including phenoxy) is 2. The van der Waals surface area contributed by atoms with E-state index in [0.717, 1.165) is 12.1 Å². The molecule has 0 spiro atoms. The van der Waals surface area contributed by atoms with Gasteiger partial charge >= 0.3 is 6.36 Å². The Balaban J connectivity index is 1.84. The SMILES string of the molecule is CCC(=O)c1ccc(OCC(=O)Nc2ccc(OC(F)(F)F)cc2)cc1. The molecule has 138 valence electrons. The first-order chi connectivity index (χ1) is 12.3. The van der Waals surface area contributed by atoms with Crippen molar-refractivity contribution in [2.45, 2.75) is 19.7 Å². The Morgan fingerprint density at radius 1 is 0.962 bits per heavy atom. The summed E-state index contributed by atoms with van der Waals surface area (Å²) >= 11 is 0. The minimum absolute atomic E-state index is 0.00671. The predicted molar refractivity (Wildman–Crippen MR) is 88.3 cm³/mol. The quantitative estimate of drug-likeness (QED) is 0.745. The molecule has 0 aliphatic heterocycles. The standard InChI is InChI=1S/C18H16F3NO4/c1-2-16(23)12-3-7-14(8-4-12)25-11-17(24)22-13-5-9-15(10-6-13)26-18(19,20)21/h3-10H,2,11H2,1H3,(H,22,24). The lowest BCUT2D eigenvalue weighted by atomic mass is 10.1. The molecular weight excluding hydrogens is 351 g/mol. The third-order valence-electron chi connectivity index (χ3n) is 3.24. The first-order valence-electron chi connectivity index (χ1n) is 7.68. The van der Waals surface area contributed by atoms with E-state index in [2.05, 4.69) is 10.1 Å². The number of ketones is 1. The number of hydrogen-bond acceptors (Lipinski definition) is 4. The molecule has 0 radical (unpaired) electrons. The molecule has 1 N–H and O–H groups in total. The molecule has 0 unspecified atom stereocenters. The number of hydrogen-bond donors (Lipinski definition) is 1. The normalized spacial score (nSPS) is 10.9. The fourth-order valence-electron chi connectivity index (χ4n) is 2.03. The summed E-state index contributed by atoms with van der Waals surface area (Å²) in [6, 6.07) is 11.1. The van der Waals surface area contributed by atoms with Gasteiger partial charge in [-0.1, -0.05) is 6.92 Å². The van der Waals surface area contributed by atoms with Gasteiger partial charge in [-0.25, -0.2) is 0 Å². The topological polar surface area (TPSA) is 64.6 Å². The molecule has 0 bridgehead atoms. The Labute approximate surface area is 147 Å². The lowest BCUT2D eigenvalue weighted by molar-refractivity contribution is -0.274. The lowest BCUT2D eigenvalue weighted by Gasteiger charge is -2.10. The zero-order valence-electron chi connectivity index (χ0n) is 13.8. The van der Waals surface area contributed by atoms with Gasteiger partial charge in [0.15, 0.2) is 12.4 Å². The highest BCUT2D eigenvalue weighted by molar-refractivity contribution is 5.96. The molecule has 1 amide bonds. The van der Waals surface area contributed by atoms with Crippen molar-refractivity contribution in [3.8, 4) is 11.5 Å². The van der Waals surface area contributed by atoms with Gasteiger partial charge in [0.25, 0.3) is 5.91 Å². The average molecular weight is 367 g/mol. The highest BCUT2D eigenvalue weighted by Crippen LogP contribution is 2.24. The fourth-order valence-corrected chi connectivity index (χ4v) is 2.03. The van der Waals surface area contributed by atoms with Crippen LogP contribution >= 0.6 is 0 Å². The highest BCUT2D eigenvalue weighted by Gasteiger charge is 2.30. The van der Waals surface area contributed by atoms with E-state index >= 15 is 0 Å². The van der Waals surface area contributed by atoms with Crippen molar-refractivity contribution in [3.63, 3.8) is 0 Å². The molecule has 2 aromatic carbocycles. The number of benzene rings is 2. The Morgan fingerprint density at radius 3 is 2.08 bits per heavy atom. The van der Waals surface area contributed by atoms with Crippen LogP contribution in [0.5, 0.6) is 11.5 Å². The molecule has 0 saturated heterocycles. The zero-order valence-corrected chi connectivity index (χ0v) is 13.8. The van der Waals surface area contributed by atoms with Gasteiger partial charge in [-0.05, 0) is 48.5 Å². The van der Waals surface area contributed by atoms with Crippen LogP contribution in [0, 0.1) is 0 Å². The van der Waals surface area contributed by atoms with Crippen molar-refractivity contribution in [1.82, 2.24) is 0 Å². The van der Waals surface area contributed by atoms with Crippen LogP contribution in [0.15, 0.2) is 48.5 Å². The summed E-state index contributed by atoms with van der Waals surface area (Å²) in [5.41, 5.74) is 0.863. The van der Waals surface area contributed by atoms with Crippen molar-refractivity contribution in [3.05, 3.63) is 54.1 Å². The number of rotatable bonds is 7. The summed E-state index contributed by atoms with van der Waals surface area (Å²) in [7, 11) is 0. The van der Waals surface area contributed by atoms with Crippen molar-refractivity contribution in [2.75, 3.05) is 11.9 Å². The van der Waals surface area contributed by atoms with E-state index in [1.165, 1.54) is 12.1 Å². The summed E-state index contributed by atoms with van der Waals surface area (Å²) in [4.78, 5) is 23.3. The molecule has 5 nitrogen and oxygen atoms in total. The molecule has 2 rings (SSSR count). The third-order valence-corrected chi connectivity index (χ3v) is 3.24. The van der Waals surface area contributed by atoms with Gasteiger partial charge in [0.2, 0.25) is 0 Å². The van der Waals surface area contributed by atoms with Crippen LogP contribution in [-0.2, 0) is 4.79 Å². The van der Waals surface area contributed by atoms with Gasteiger partial charge < -0.3 is 14.8 Å². The summed E-state index contributed by atoms with van der Waals surface area (Å²) in [5, 5.41) is 2.49. The molecular formula is C18H16F3NO4. The maximum absolute atomic E-state index is 12.1. The number of alkyl halides is 3. The van der Waals surface area contributed by atoms with Crippen LogP contribution in [-0.4, -0.2) is 24.7 Å². The van der Waals surface area contributed by atoms with Crippen LogP contribution in [0.1, 0.15) is 23.7 Å². The molecule has 0 aromatic heterocycles. The predicted octanol–water partition coefficient (Wildman–Crippen LogP) is 4.20. The Bertz CT molecular complexity index is 756. The monoisotopic (exact) mass is 367 g/mol. The Kier molecular flexibility index (Phi) is 6.21. The van der Waals surface area contributed by atoms with Gasteiger partial charge in [0, 0.05) is 17.7 Å². The van der Waals surface area contributed by atoms with Crippen LogP contribution in [0.3, 0.4) is 0 Å². The van der Waals surface area contributed by atoms with Gasteiger partial charge in [-0.15, -0.1) is 13.2 Å². The second-order valence-electron chi connectivity index (χ2n) is 5.21. The van der Waals surface area contributed by atoms with Crippen LogP contribution in [0.4, 0.5) is 18.9 Å². The largest absolute Gasteiger partial charge is 0.573 e. The molecule has 0 heterocycles. The Hall–Kier alpha value is -3.03. The number of halogens is 3. The maximum Gasteiger partial charge on any atom is 0.573 e. The van der Waals surface area contributed by atoms with Gasteiger partial charge in [-0.3, -0.25) is 9.59 Å². The molecule has 26 heavy (non-hydrogen) atoms. The maximum atomic E-state index is 12.1. The molecule has 0 aliphatic rings. The van der Waals surface area contributed by atoms with Crippen LogP contribution < -0.4 is 14.8 Å². The average Bonchev–Trinajstić information content (AvgIpc) is 2.60. The van der Waals surface area contributed by atoms with Crippen LogP contribution in [0.2, 0.25) is 0 Å². The summed E-state index contributed by atoms with van der Waals surface area (Å²) in [6.45, 7) is 1.47.